The first kappa shape index (κ1) is 22.0. The van der Waals surface area contributed by atoms with E-state index in [1.54, 1.807) is 0 Å². The molecule has 5 rings (SSSR count). The number of pyridine rings is 3. The minimum absolute atomic E-state index is 0.0807. The Balaban J connectivity index is 1.64. The molecule has 5 aromatic rings. The summed E-state index contributed by atoms with van der Waals surface area (Å²) in [4.78, 5) is 13.7. The van der Waals surface area contributed by atoms with E-state index in [-0.39, 0.29) is 5.41 Å². The van der Waals surface area contributed by atoms with Crippen molar-refractivity contribution in [2.45, 2.75) is 40.0 Å². The van der Waals surface area contributed by atoms with Gasteiger partial charge in [-0.15, -0.1) is 0 Å². The van der Waals surface area contributed by atoms with Crippen molar-refractivity contribution in [3.05, 3.63) is 102 Å². The molecule has 0 aliphatic rings. The number of hydrogen-bond acceptors (Lipinski definition) is 3. The summed E-state index contributed by atoms with van der Waals surface area (Å²) >= 11 is 0. The summed E-state index contributed by atoms with van der Waals surface area (Å²) in [6.07, 6.45) is 7.72. The van der Waals surface area contributed by atoms with E-state index < -0.39 is 0 Å². The number of fused-ring (bicyclic) bond motifs is 1. The standard InChI is InChI=1S/C31H29N3/c1-20-15-21(2)34-19-28(20)26-10-9-25(27-12-13-32-18-29(26)27)22-7-6-8-23(16-22)30-17-24(11-14-33-30)31(3,4)5/h6-19H,1-5H3. The van der Waals surface area contributed by atoms with Crippen molar-refractivity contribution < 1.29 is 0 Å². The second kappa shape index (κ2) is 8.49. The van der Waals surface area contributed by atoms with Gasteiger partial charge in [-0.3, -0.25) is 15.0 Å². The van der Waals surface area contributed by atoms with E-state index in [1.807, 2.05) is 31.7 Å². The predicted octanol–water partition coefficient (Wildman–Crippen LogP) is 7.94. The summed E-state index contributed by atoms with van der Waals surface area (Å²) < 4.78 is 0. The molecule has 3 aromatic heterocycles. The summed E-state index contributed by atoms with van der Waals surface area (Å²) in [5, 5.41) is 2.31. The molecule has 0 amide bonds. The summed E-state index contributed by atoms with van der Waals surface area (Å²) in [5.74, 6) is 0. The van der Waals surface area contributed by atoms with Crippen LogP contribution >= 0.6 is 0 Å². The van der Waals surface area contributed by atoms with E-state index >= 15 is 0 Å². The van der Waals surface area contributed by atoms with Gasteiger partial charge in [-0.1, -0.05) is 51.1 Å². The lowest BCUT2D eigenvalue weighted by Gasteiger charge is -2.19. The topological polar surface area (TPSA) is 38.7 Å². The fourth-order valence-corrected chi connectivity index (χ4v) is 4.56. The van der Waals surface area contributed by atoms with Crippen molar-refractivity contribution in [3.8, 4) is 33.5 Å². The summed E-state index contributed by atoms with van der Waals surface area (Å²) in [6, 6.07) is 21.6. The van der Waals surface area contributed by atoms with E-state index in [9.17, 15) is 0 Å². The van der Waals surface area contributed by atoms with Gasteiger partial charge in [-0.2, -0.15) is 0 Å². The first-order valence-corrected chi connectivity index (χ1v) is 11.7. The Labute approximate surface area is 201 Å². The molecule has 0 aliphatic heterocycles. The molecule has 0 atom stereocenters. The summed E-state index contributed by atoms with van der Waals surface area (Å²) in [7, 11) is 0. The van der Waals surface area contributed by atoms with Crippen LogP contribution in [0.2, 0.25) is 0 Å². The minimum atomic E-state index is 0.0807. The molecule has 0 saturated carbocycles. The van der Waals surface area contributed by atoms with Gasteiger partial charge in [0.25, 0.3) is 0 Å². The quantitative estimate of drug-likeness (QED) is 0.284. The van der Waals surface area contributed by atoms with Crippen LogP contribution in [0.4, 0.5) is 0 Å². The molecule has 0 bridgehead atoms. The predicted molar refractivity (Wildman–Crippen MR) is 142 cm³/mol. The van der Waals surface area contributed by atoms with Crippen molar-refractivity contribution in [2.24, 2.45) is 0 Å². The summed E-state index contributed by atoms with van der Waals surface area (Å²) in [6.45, 7) is 10.9. The van der Waals surface area contributed by atoms with Gasteiger partial charge >= 0.3 is 0 Å². The van der Waals surface area contributed by atoms with Crippen LogP contribution in [0.5, 0.6) is 0 Å². The van der Waals surface area contributed by atoms with Gasteiger partial charge in [0, 0.05) is 47.0 Å². The van der Waals surface area contributed by atoms with E-state index in [4.69, 9.17) is 0 Å². The smallest absolute Gasteiger partial charge is 0.0705 e. The largest absolute Gasteiger partial charge is 0.264 e. The van der Waals surface area contributed by atoms with Crippen LogP contribution < -0.4 is 0 Å². The fourth-order valence-electron chi connectivity index (χ4n) is 4.56. The van der Waals surface area contributed by atoms with E-state index in [0.29, 0.717) is 0 Å². The molecule has 0 saturated heterocycles. The van der Waals surface area contributed by atoms with Crippen LogP contribution in [0, 0.1) is 13.8 Å². The van der Waals surface area contributed by atoms with Crippen LogP contribution in [0.15, 0.2) is 85.5 Å². The zero-order valence-corrected chi connectivity index (χ0v) is 20.4. The number of hydrogen-bond donors (Lipinski definition) is 0. The van der Waals surface area contributed by atoms with Crippen molar-refractivity contribution in [3.63, 3.8) is 0 Å². The summed E-state index contributed by atoms with van der Waals surface area (Å²) in [5.41, 5.74) is 10.4. The van der Waals surface area contributed by atoms with Gasteiger partial charge in [0.15, 0.2) is 0 Å². The lowest BCUT2D eigenvalue weighted by atomic mass is 9.86. The second-order valence-electron chi connectivity index (χ2n) is 9.98. The monoisotopic (exact) mass is 443 g/mol. The molecule has 0 unspecified atom stereocenters. The van der Waals surface area contributed by atoms with Gasteiger partial charge < -0.3 is 0 Å². The van der Waals surface area contributed by atoms with Gasteiger partial charge in [0.2, 0.25) is 0 Å². The van der Waals surface area contributed by atoms with Gasteiger partial charge in [0.1, 0.15) is 0 Å². The molecule has 34 heavy (non-hydrogen) atoms. The number of benzene rings is 2. The average Bonchev–Trinajstić information content (AvgIpc) is 2.83. The van der Waals surface area contributed by atoms with Gasteiger partial charge in [-0.05, 0) is 82.8 Å². The second-order valence-corrected chi connectivity index (χ2v) is 9.98. The normalized spacial score (nSPS) is 11.7. The Bertz CT molecular complexity index is 1510. The number of nitrogens with zero attached hydrogens (tertiary/aromatic N) is 3. The third kappa shape index (κ3) is 4.10. The van der Waals surface area contributed by atoms with Gasteiger partial charge in [-0.25, -0.2) is 0 Å². The molecule has 0 aliphatic carbocycles. The molecule has 0 radical (unpaired) electrons. The highest BCUT2D eigenvalue weighted by Gasteiger charge is 2.16. The third-order valence-electron chi connectivity index (χ3n) is 6.45. The van der Waals surface area contributed by atoms with Crippen LogP contribution in [-0.4, -0.2) is 15.0 Å². The molecular formula is C31H29N3. The molecule has 3 nitrogen and oxygen atoms in total. The van der Waals surface area contributed by atoms with Crippen LogP contribution in [0.3, 0.4) is 0 Å². The van der Waals surface area contributed by atoms with Crippen LogP contribution in [0.1, 0.15) is 37.6 Å². The lowest BCUT2D eigenvalue weighted by molar-refractivity contribution is 0.589. The molecular weight excluding hydrogens is 414 g/mol. The highest BCUT2D eigenvalue weighted by Crippen LogP contribution is 2.37. The SMILES string of the molecule is Cc1cc(C)c(-c2ccc(-c3cccc(-c4cc(C(C)(C)C)ccn4)c3)c3ccncc23)cn1. The fraction of sp³-hybridized carbons (Fsp3) is 0.194. The van der Waals surface area contributed by atoms with E-state index in [0.717, 1.165) is 33.5 Å². The number of aromatic nitrogens is 3. The first-order valence-electron chi connectivity index (χ1n) is 11.7. The Kier molecular flexibility index (Phi) is 5.49. The Hall–Kier alpha value is -3.85. The maximum Gasteiger partial charge on any atom is 0.0705 e. The molecule has 0 spiro atoms. The van der Waals surface area contributed by atoms with Crippen molar-refractivity contribution in [1.29, 1.82) is 0 Å². The Morgan fingerprint density at radius 1 is 0.647 bits per heavy atom. The third-order valence-corrected chi connectivity index (χ3v) is 6.45. The molecule has 0 fully saturated rings. The lowest BCUT2D eigenvalue weighted by Crippen LogP contribution is -2.11. The van der Waals surface area contributed by atoms with E-state index in [1.165, 1.54) is 27.6 Å². The highest BCUT2D eigenvalue weighted by molar-refractivity contribution is 6.05. The molecule has 168 valence electrons. The molecule has 3 heteroatoms. The van der Waals surface area contributed by atoms with Crippen LogP contribution in [0.25, 0.3) is 44.3 Å². The number of rotatable bonds is 3. The van der Waals surface area contributed by atoms with Crippen LogP contribution in [-0.2, 0) is 5.41 Å². The molecule has 3 heterocycles. The van der Waals surface area contributed by atoms with Crippen molar-refractivity contribution >= 4 is 10.8 Å². The molecule has 0 N–H and O–H groups in total. The van der Waals surface area contributed by atoms with Crippen molar-refractivity contribution in [1.82, 2.24) is 15.0 Å². The maximum atomic E-state index is 4.67. The maximum absolute atomic E-state index is 4.67. The van der Waals surface area contributed by atoms with E-state index in [2.05, 4.69) is 103 Å². The highest BCUT2D eigenvalue weighted by atomic mass is 14.7. The average molecular weight is 444 g/mol. The van der Waals surface area contributed by atoms with Crippen molar-refractivity contribution in [2.75, 3.05) is 0 Å². The zero-order valence-electron chi connectivity index (χ0n) is 20.4. The molecule has 2 aromatic carbocycles. The Morgan fingerprint density at radius 3 is 2.24 bits per heavy atom. The van der Waals surface area contributed by atoms with Gasteiger partial charge in [0.05, 0.1) is 5.69 Å². The zero-order chi connectivity index (χ0) is 23.9. The Morgan fingerprint density at radius 2 is 1.44 bits per heavy atom. The minimum Gasteiger partial charge on any atom is -0.264 e. The number of aryl methyl sites for hydroxylation is 2. The first-order chi connectivity index (χ1) is 16.3.